The summed E-state index contributed by atoms with van der Waals surface area (Å²) in [6.07, 6.45) is 1.52. The first-order valence-electron chi connectivity index (χ1n) is 11.1. The van der Waals surface area contributed by atoms with Gasteiger partial charge in [0.25, 0.3) is 0 Å². The first-order chi connectivity index (χ1) is 15.3. The molecule has 0 atom stereocenters. The number of hydrogen-bond acceptors (Lipinski definition) is 4. The molecular formula is C27H31N3O2. The highest BCUT2D eigenvalue weighted by molar-refractivity contribution is 5.68. The van der Waals surface area contributed by atoms with Crippen LogP contribution in [-0.4, -0.2) is 54.2 Å². The van der Waals surface area contributed by atoms with Crippen LogP contribution in [-0.2, 0) is 4.74 Å². The van der Waals surface area contributed by atoms with Gasteiger partial charge in [-0.1, -0.05) is 36.1 Å². The SMILES string of the molecule is CC(C)(C)OC(=O)N1CCCN(CCC#Cc2ccc(-c3ccc(C#N)cc3)cc2)CC1. The highest BCUT2D eigenvalue weighted by Crippen LogP contribution is 2.20. The van der Waals surface area contributed by atoms with Crippen LogP contribution >= 0.6 is 0 Å². The summed E-state index contributed by atoms with van der Waals surface area (Å²) in [6, 6.07) is 17.9. The standard InChI is InChI=1S/C27H31N3O2/c1-27(2,3)32-26(31)30-18-6-17-29(19-20-30)16-5-4-7-22-8-12-24(13-9-22)25-14-10-23(21-28)11-15-25/h8-15H,5-6,16-20H2,1-3H3. The number of nitriles is 1. The lowest BCUT2D eigenvalue weighted by Crippen LogP contribution is -2.39. The lowest BCUT2D eigenvalue weighted by molar-refractivity contribution is 0.0258. The van der Waals surface area contributed by atoms with Crippen LogP contribution in [0.4, 0.5) is 4.79 Å². The Balaban J connectivity index is 1.46. The quantitative estimate of drug-likeness (QED) is 0.651. The molecule has 0 aliphatic carbocycles. The molecule has 1 aliphatic rings. The van der Waals surface area contributed by atoms with Gasteiger partial charge < -0.3 is 14.5 Å². The van der Waals surface area contributed by atoms with Crippen LogP contribution in [0.15, 0.2) is 48.5 Å². The minimum Gasteiger partial charge on any atom is -0.444 e. The normalized spacial score (nSPS) is 14.6. The highest BCUT2D eigenvalue weighted by atomic mass is 16.6. The van der Waals surface area contributed by atoms with Crippen LogP contribution in [0.5, 0.6) is 0 Å². The molecule has 0 radical (unpaired) electrons. The minimum atomic E-state index is -0.459. The van der Waals surface area contributed by atoms with Gasteiger partial charge in [-0.15, -0.1) is 0 Å². The Hall–Kier alpha value is -3.28. The average molecular weight is 430 g/mol. The molecule has 32 heavy (non-hydrogen) atoms. The maximum atomic E-state index is 12.3. The summed E-state index contributed by atoms with van der Waals surface area (Å²) in [5.41, 5.74) is 3.40. The van der Waals surface area contributed by atoms with E-state index in [1.54, 1.807) is 0 Å². The average Bonchev–Trinajstić information content (AvgIpc) is 3.02. The first kappa shape index (κ1) is 23.4. The number of amides is 1. The second-order valence-electron chi connectivity index (χ2n) is 8.98. The number of hydrogen-bond donors (Lipinski definition) is 0. The summed E-state index contributed by atoms with van der Waals surface area (Å²) in [4.78, 5) is 16.5. The van der Waals surface area contributed by atoms with E-state index in [2.05, 4.69) is 34.9 Å². The zero-order valence-corrected chi connectivity index (χ0v) is 19.2. The van der Waals surface area contributed by atoms with Crippen LogP contribution in [0, 0.1) is 23.2 Å². The third-order valence-corrected chi connectivity index (χ3v) is 5.26. The van der Waals surface area contributed by atoms with Crippen LogP contribution in [0.3, 0.4) is 0 Å². The van der Waals surface area contributed by atoms with Gasteiger partial charge in [0.1, 0.15) is 5.60 Å². The second kappa shape index (κ2) is 10.8. The van der Waals surface area contributed by atoms with Gasteiger partial charge in [-0.05, 0) is 69.1 Å². The van der Waals surface area contributed by atoms with Crippen molar-refractivity contribution in [3.05, 3.63) is 59.7 Å². The third kappa shape index (κ3) is 7.15. The lowest BCUT2D eigenvalue weighted by Gasteiger charge is -2.26. The molecule has 0 N–H and O–H groups in total. The molecule has 0 aromatic heterocycles. The van der Waals surface area contributed by atoms with Crippen molar-refractivity contribution in [2.75, 3.05) is 32.7 Å². The summed E-state index contributed by atoms with van der Waals surface area (Å²) in [7, 11) is 0. The smallest absolute Gasteiger partial charge is 0.410 e. The monoisotopic (exact) mass is 429 g/mol. The number of rotatable bonds is 3. The molecule has 0 unspecified atom stereocenters. The Labute approximate surface area is 191 Å². The molecule has 5 heteroatoms. The van der Waals surface area contributed by atoms with Gasteiger partial charge in [0, 0.05) is 38.2 Å². The highest BCUT2D eigenvalue weighted by Gasteiger charge is 2.24. The largest absolute Gasteiger partial charge is 0.444 e. The molecule has 1 heterocycles. The molecule has 1 amide bonds. The van der Waals surface area contributed by atoms with E-state index in [0.29, 0.717) is 12.1 Å². The Morgan fingerprint density at radius 2 is 1.56 bits per heavy atom. The van der Waals surface area contributed by atoms with E-state index < -0.39 is 5.60 Å². The van der Waals surface area contributed by atoms with Crippen LogP contribution in [0.1, 0.15) is 44.7 Å². The molecule has 1 saturated heterocycles. The number of carbonyl (C=O) groups excluding carboxylic acids is 1. The number of nitrogens with zero attached hydrogens (tertiary/aromatic N) is 3. The van der Waals surface area contributed by atoms with Crippen molar-refractivity contribution in [3.63, 3.8) is 0 Å². The molecule has 1 aliphatic heterocycles. The van der Waals surface area contributed by atoms with Crippen molar-refractivity contribution in [1.82, 2.24) is 9.80 Å². The van der Waals surface area contributed by atoms with E-state index in [-0.39, 0.29) is 6.09 Å². The van der Waals surface area contributed by atoms with Gasteiger partial charge in [-0.3, -0.25) is 0 Å². The number of benzene rings is 2. The van der Waals surface area contributed by atoms with Crippen LogP contribution in [0.25, 0.3) is 11.1 Å². The molecule has 0 saturated carbocycles. The molecule has 3 rings (SSSR count). The maximum absolute atomic E-state index is 12.3. The molecular weight excluding hydrogens is 398 g/mol. The van der Waals surface area contributed by atoms with E-state index in [1.165, 1.54) is 0 Å². The Morgan fingerprint density at radius 1 is 0.938 bits per heavy atom. The van der Waals surface area contributed by atoms with E-state index >= 15 is 0 Å². The molecule has 1 fully saturated rings. The van der Waals surface area contributed by atoms with Crippen LogP contribution in [0.2, 0.25) is 0 Å². The number of carbonyl (C=O) groups is 1. The predicted molar refractivity (Wildman–Crippen MR) is 127 cm³/mol. The molecule has 0 bridgehead atoms. The molecule has 2 aromatic carbocycles. The first-order valence-corrected chi connectivity index (χ1v) is 11.1. The van der Waals surface area contributed by atoms with Gasteiger partial charge in [-0.2, -0.15) is 5.26 Å². The molecule has 166 valence electrons. The van der Waals surface area contributed by atoms with Crippen LogP contribution < -0.4 is 0 Å². The maximum Gasteiger partial charge on any atom is 0.410 e. The molecule has 0 spiro atoms. The van der Waals surface area contributed by atoms with Crippen molar-refractivity contribution < 1.29 is 9.53 Å². The summed E-state index contributed by atoms with van der Waals surface area (Å²) in [5, 5.41) is 8.92. The fourth-order valence-corrected chi connectivity index (χ4v) is 3.57. The van der Waals surface area contributed by atoms with Gasteiger partial charge in [0.05, 0.1) is 11.6 Å². The zero-order valence-electron chi connectivity index (χ0n) is 19.2. The van der Waals surface area contributed by atoms with Gasteiger partial charge in [0.15, 0.2) is 0 Å². The number of ether oxygens (including phenoxy) is 1. The summed E-state index contributed by atoms with van der Waals surface area (Å²) < 4.78 is 5.50. The van der Waals surface area contributed by atoms with Gasteiger partial charge in [0.2, 0.25) is 0 Å². The summed E-state index contributed by atoms with van der Waals surface area (Å²) >= 11 is 0. The molecule has 2 aromatic rings. The topological polar surface area (TPSA) is 56.6 Å². The fourth-order valence-electron chi connectivity index (χ4n) is 3.57. The van der Waals surface area contributed by atoms with E-state index in [1.807, 2.05) is 62.1 Å². The van der Waals surface area contributed by atoms with Crippen molar-refractivity contribution >= 4 is 6.09 Å². The Kier molecular flexibility index (Phi) is 7.92. The van der Waals surface area contributed by atoms with Crippen molar-refractivity contribution in [2.24, 2.45) is 0 Å². The lowest BCUT2D eigenvalue weighted by atomic mass is 10.0. The van der Waals surface area contributed by atoms with E-state index in [9.17, 15) is 4.79 Å². The van der Waals surface area contributed by atoms with E-state index in [0.717, 1.165) is 55.7 Å². The summed E-state index contributed by atoms with van der Waals surface area (Å²) in [5.74, 6) is 6.52. The molecule has 5 nitrogen and oxygen atoms in total. The Morgan fingerprint density at radius 3 is 2.16 bits per heavy atom. The second-order valence-corrected chi connectivity index (χ2v) is 8.98. The van der Waals surface area contributed by atoms with E-state index in [4.69, 9.17) is 10.00 Å². The predicted octanol–water partition coefficient (Wildman–Crippen LogP) is 4.91. The van der Waals surface area contributed by atoms with Crippen molar-refractivity contribution in [2.45, 2.75) is 39.2 Å². The van der Waals surface area contributed by atoms with Crippen molar-refractivity contribution in [3.8, 4) is 29.0 Å². The summed E-state index contributed by atoms with van der Waals surface area (Å²) in [6.45, 7) is 9.84. The van der Waals surface area contributed by atoms with Gasteiger partial charge in [-0.25, -0.2) is 4.79 Å². The third-order valence-electron chi connectivity index (χ3n) is 5.26. The van der Waals surface area contributed by atoms with Gasteiger partial charge >= 0.3 is 6.09 Å². The Bertz CT molecular complexity index is 1000. The zero-order chi connectivity index (χ0) is 23.0. The fraction of sp³-hybridized carbons (Fsp3) is 0.407. The van der Waals surface area contributed by atoms with Crippen molar-refractivity contribution in [1.29, 1.82) is 5.26 Å². The minimum absolute atomic E-state index is 0.219.